The maximum Gasteiger partial charge on any atom is 0.181 e. The molecule has 0 radical (unpaired) electrons. The van der Waals surface area contributed by atoms with Crippen molar-refractivity contribution < 1.29 is 0 Å². The van der Waals surface area contributed by atoms with E-state index in [4.69, 9.17) is 4.98 Å². The van der Waals surface area contributed by atoms with Crippen LogP contribution in [-0.4, -0.2) is 41.2 Å². The first kappa shape index (κ1) is 16.8. The molecule has 1 atom stereocenters. The van der Waals surface area contributed by atoms with Gasteiger partial charge in [-0.2, -0.15) is 5.10 Å². The number of nitrogens with zero attached hydrogens (tertiary/aromatic N) is 6. The molecule has 1 saturated heterocycles. The van der Waals surface area contributed by atoms with Crippen molar-refractivity contribution in [1.29, 1.82) is 0 Å². The molecule has 0 aliphatic carbocycles. The van der Waals surface area contributed by atoms with Crippen LogP contribution in [0, 0.1) is 0 Å². The molecule has 0 bridgehead atoms. The number of imidazole rings is 1. The number of benzene rings is 1. The van der Waals surface area contributed by atoms with Crippen molar-refractivity contribution in [2.45, 2.75) is 25.4 Å². The second kappa shape index (κ2) is 7.36. The highest BCUT2D eigenvalue weighted by atomic mass is 15.3. The highest BCUT2D eigenvalue weighted by molar-refractivity contribution is 5.53. The van der Waals surface area contributed by atoms with E-state index in [2.05, 4.69) is 31.1 Å². The summed E-state index contributed by atoms with van der Waals surface area (Å²) < 4.78 is 1.90. The second-order valence-corrected chi connectivity index (χ2v) is 7.03. The van der Waals surface area contributed by atoms with Crippen molar-refractivity contribution in [3.8, 4) is 17.2 Å². The Bertz CT molecular complexity index is 1020. The first-order chi connectivity index (χ1) is 13.9. The normalized spacial score (nSPS) is 17.2. The SMILES string of the molecule is c1ccc(-c2n[nH]c(C3CCCN3Cc3ccc(-n4ccnc4)nc3)n2)cc1. The number of hydrogen-bond acceptors (Lipinski definition) is 5. The zero-order chi connectivity index (χ0) is 18.8. The highest BCUT2D eigenvalue weighted by Crippen LogP contribution is 2.32. The minimum atomic E-state index is 0.262. The topological polar surface area (TPSA) is 75.5 Å². The van der Waals surface area contributed by atoms with E-state index in [9.17, 15) is 0 Å². The highest BCUT2D eigenvalue weighted by Gasteiger charge is 2.29. The third-order valence-electron chi connectivity index (χ3n) is 5.18. The first-order valence-electron chi connectivity index (χ1n) is 9.52. The Balaban J connectivity index is 1.31. The predicted octanol–water partition coefficient (Wildman–Crippen LogP) is 3.39. The van der Waals surface area contributed by atoms with Gasteiger partial charge in [0.05, 0.1) is 6.04 Å². The van der Waals surface area contributed by atoms with Crippen molar-refractivity contribution in [3.05, 3.63) is 78.8 Å². The molecule has 5 rings (SSSR count). The van der Waals surface area contributed by atoms with Crippen LogP contribution in [0.25, 0.3) is 17.2 Å². The third kappa shape index (κ3) is 3.32. The summed E-state index contributed by atoms with van der Waals surface area (Å²) in [4.78, 5) is 15.9. The molecular weight excluding hydrogens is 350 g/mol. The molecule has 28 heavy (non-hydrogen) atoms. The van der Waals surface area contributed by atoms with Gasteiger partial charge in [0.1, 0.15) is 18.0 Å². The van der Waals surface area contributed by atoms with E-state index in [0.29, 0.717) is 0 Å². The molecule has 0 amide bonds. The van der Waals surface area contributed by atoms with Gasteiger partial charge in [0, 0.05) is 30.7 Å². The zero-order valence-electron chi connectivity index (χ0n) is 15.4. The van der Waals surface area contributed by atoms with E-state index < -0.39 is 0 Å². The van der Waals surface area contributed by atoms with E-state index in [1.807, 2.05) is 53.4 Å². The van der Waals surface area contributed by atoms with E-state index in [-0.39, 0.29) is 6.04 Å². The number of aromatic nitrogens is 6. The lowest BCUT2D eigenvalue weighted by molar-refractivity contribution is 0.240. The van der Waals surface area contributed by atoms with Crippen LogP contribution in [0.15, 0.2) is 67.4 Å². The molecule has 4 heterocycles. The third-order valence-corrected chi connectivity index (χ3v) is 5.18. The lowest BCUT2D eigenvalue weighted by Gasteiger charge is -2.22. The predicted molar refractivity (Wildman–Crippen MR) is 106 cm³/mol. The van der Waals surface area contributed by atoms with Gasteiger partial charge in [0.2, 0.25) is 0 Å². The molecule has 0 spiro atoms. The Kier molecular flexibility index (Phi) is 4.42. The van der Waals surface area contributed by atoms with Gasteiger partial charge in [-0.25, -0.2) is 15.0 Å². The molecule has 1 aromatic carbocycles. The van der Waals surface area contributed by atoms with Crippen molar-refractivity contribution in [3.63, 3.8) is 0 Å². The molecule has 140 valence electrons. The fourth-order valence-electron chi connectivity index (χ4n) is 3.76. The summed E-state index contributed by atoms with van der Waals surface area (Å²) in [6.45, 7) is 1.90. The Labute approximate surface area is 163 Å². The number of nitrogens with one attached hydrogen (secondary N) is 1. The fourth-order valence-corrected chi connectivity index (χ4v) is 3.76. The van der Waals surface area contributed by atoms with Gasteiger partial charge in [-0.1, -0.05) is 36.4 Å². The number of H-pyrrole nitrogens is 1. The quantitative estimate of drug-likeness (QED) is 0.582. The molecule has 1 aliphatic heterocycles. The van der Waals surface area contributed by atoms with Crippen molar-refractivity contribution in [2.75, 3.05) is 6.54 Å². The molecule has 7 nitrogen and oxygen atoms in total. The molecule has 0 saturated carbocycles. The summed E-state index contributed by atoms with van der Waals surface area (Å²) in [5.41, 5.74) is 2.23. The Morgan fingerprint density at radius 2 is 2.04 bits per heavy atom. The molecule has 1 unspecified atom stereocenters. The van der Waals surface area contributed by atoms with Crippen molar-refractivity contribution >= 4 is 0 Å². The van der Waals surface area contributed by atoms with Crippen molar-refractivity contribution in [1.82, 2.24) is 34.6 Å². The Morgan fingerprint density at radius 3 is 2.82 bits per heavy atom. The maximum absolute atomic E-state index is 4.77. The van der Waals surface area contributed by atoms with Gasteiger partial charge in [-0.05, 0) is 31.0 Å². The molecule has 1 N–H and O–H groups in total. The summed E-state index contributed by atoms with van der Waals surface area (Å²) >= 11 is 0. The van der Waals surface area contributed by atoms with Crippen LogP contribution in [0.1, 0.15) is 30.3 Å². The summed E-state index contributed by atoms with van der Waals surface area (Å²) in [5, 5.41) is 7.59. The van der Waals surface area contributed by atoms with Gasteiger partial charge in [0.25, 0.3) is 0 Å². The van der Waals surface area contributed by atoms with E-state index in [0.717, 1.165) is 49.0 Å². The number of hydrogen-bond donors (Lipinski definition) is 1. The standard InChI is InChI=1S/C21H21N7/c1-2-5-17(6-3-1)20-24-21(26-25-20)18-7-4-11-27(18)14-16-8-9-19(23-13-16)28-12-10-22-15-28/h1-3,5-6,8-10,12-13,15,18H,4,7,11,14H2,(H,24,25,26). The van der Waals surface area contributed by atoms with Crippen LogP contribution in [0.5, 0.6) is 0 Å². The number of rotatable bonds is 5. The fraction of sp³-hybridized carbons (Fsp3) is 0.238. The zero-order valence-corrected chi connectivity index (χ0v) is 15.4. The summed E-state index contributed by atoms with van der Waals surface area (Å²) in [5.74, 6) is 2.58. The first-order valence-corrected chi connectivity index (χ1v) is 9.52. The molecular formula is C21H21N7. The molecule has 1 aliphatic rings. The minimum absolute atomic E-state index is 0.262. The van der Waals surface area contributed by atoms with Crippen LogP contribution >= 0.6 is 0 Å². The monoisotopic (exact) mass is 371 g/mol. The van der Waals surface area contributed by atoms with Crippen LogP contribution in [0.3, 0.4) is 0 Å². The lowest BCUT2D eigenvalue weighted by atomic mass is 10.2. The minimum Gasteiger partial charge on any atom is -0.291 e. The van der Waals surface area contributed by atoms with Crippen LogP contribution in [0.4, 0.5) is 0 Å². The molecule has 1 fully saturated rings. The van der Waals surface area contributed by atoms with Gasteiger partial charge >= 0.3 is 0 Å². The average Bonchev–Trinajstić information content (AvgIpc) is 3.51. The van der Waals surface area contributed by atoms with Crippen LogP contribution < -0.4 is 0 Å². The van der Waals surface area contributed by atoms with E-state index in [1.54, 1.807) is 12.5 Å². The van der Waals surface area contributed by atoms with Crippen molar-refractivity contribution in [2.24, 2.45) is 0 Å². The van der Waals surface area contributed by atoms with Crippen LogP contribution in [0.2, 0.25) is 0 Å². The average molecular weight is 371 g/mol. The van der Waals surface area contributed by atoms with Crippen LogP contribution in [-0.2, 0) is 6.54 Å². The maximum atomic E-state index is 4.77. The van der Waals surface area contributed by atoms with Gasteiger partial charge in [-0.3, -0.25) is 14.6 Å². The summed E-state index contributed by atoms with van der Waals surface area (Å²) in [6, 6.07) is 14.5. The van der Waals surface area contributed by atoms with E-state index >= 15 is 0 Å². The molecule has 3 aromatic heterocycles. The van der Waals surface area contributed by atoms with Gasteiger partial charge in [-0.15, -0.1) is 0 Å². The Hall–Kier alpha value is -3.32. The number of aromatic amines is 1. The van der Waals surface area contributed by atoms with E-state index in [1.165, 1.54) is 5.56 Å². The number of pyridine rings is 1. The largest absolute Gasteiger partial charge is 0.291 e. The summed E-state index contributed by atoms with van der Waals surface area (Å²) in [7, 11) is 0. The van der Waals surface area contributed by atoms with Gasteiger partial charge < -0.3 is 0 Å². The summed E-state index contributed by atoms with van der Waals surface area (Å²) in [6.07, 6.45) is 9.60. The second-order valence-electron chi connectivity index (χ2n) is 7.03. The lowest BCUT2D eigenvalue weighted by Crippen LogP contribution is -2.23. The Morgan fingerprint density at radius 1 is 1.11 bits per heavy atom. The molecule has 4 aromatic rings. The van der Waals surface area contributed by atoms with Gasteiger partial charge in [0.15, 0.2) is 5.82 Å². The molecule has 7 heteroatoms. The smallest absolute Gasteiger partial charge is 0.181 e. The number of likely N-dealkylation sites (tertiary alicyclic amines) is 1.